The third-order valence-corrected chi connectivity index (χ3v) is 4.50. The van der Waals surface area contributed by atoms with Crippen LogP contribution in [0.3, 0.4) is 0 Å². The van der Waals surface area contributed by atoms with Gasteiger partial charge in [0.05, 0.1) is 5.52 Å². The summed E-state index contributed by atoms with van der Waals surface area (Å²) in [4.78, 5) is 16.6. The molecule has 2 fully saturated rings. The Kier molecular flexibility index (Phi) is 2.72. The van der Waals surface area contributed by atoms with Crippen LogP contribution in [0.1, 0.15) is 35.3 Å². The minimum absolute atomic E-state index is 0.111. The second-order valence-corrected chi connectivity index (χ2v) is 5.84. The quantitative estimate of drug-likeness (QED) is 0.805. The molecule has 2 aliphatic rings. The van der Waals surface area contributed by atoms with Gasteiger partial charge in [0, 0.05) is 29.9 Å². The molecule has 2 N–H and O–H groups in total. The molecule has 0 spiro atoms. The van der Waals surface area contributed by atoms with E-state index in [-0.39, 0.29) is 11.9 Å². The Morgan fingerprint density at radius 2 is 2.38 bits per heavy atom. The highest BCUT2D eigenvalue weighted by atomic mass is 16.2. The highest BCUT2D eigenvalue weighted by Crippen LogP contribution is 2.28. The third-order valence-electron chi connectivity index (χ3n) is 4.50. The standard InChI is InChI=1S/C16H16N4O/c1-2-10-5-12-7-15(17-9-20(12)8-10)16(21)19-14-6-11-3-4-13(14)18-11/h1,5,7-9,11,13-14,18H,3-4,6H2,(H,19,21)/t11-,13+,14-/m1/s1. The van der Waals surface area contributed by atoms with Crippen LogP contribution >= 0.6 is 0 Å². The molecule has 4 rings (SSSR count). The molecule has 4 heterocycles. The molecule has 5 nitrogen and oxygen atoms in total. The normalized spacial score (nSPS) is 26.9. The predicted octanol–water partition coefficient (Wildman–Crippen LogP) is 0.938. The zero-order valence-electron chi connectivity index (χ0n) is 11.5. The molecule has 0 aliphatic carbocycles. The lowest BCUT2D eigenvalue weighted by molar-refractivity contribution is 0.0926. The summed E-state index contributed by atoms with van der Waals surface area (Å²) in [6, 6.07) is 4.86. The lowest BCUT2D eigenvalue weighted by Crippen LogP contribution is -2.43. The van der Waals surface area contributed by atoms with E-state index in [9.17, 15) is 4.79 Å². The van der Waals surface area contributed by atoms with E-state index >= 15 is 0 Å². The summed E-state index contributed by atoms with van der Waals surface area (Å²) < 4.78 is 1.82. The molecule has 0 aromatic carbocycles. The van der Waals surface area contributed by atoms with Crippen molar-refractivity contribution in [3.8, 4) is 12.3 Å². The van der Waals surface area contributed by atoms with Crippen LogP contribution in [0.25, 0.3) is 5.52 Å². The number of hydrogen-bond donors (Lipinski definition) is 2. The number of amides is 1. The fourth-order valence-corrected chi connectivity index (χ4v) is 3.44. The molecule has 5 heteroatoms. The molecule has 2 aromatic rings. The summed E-state index contributed by atoms with van der Waals surface area (Å²) in [5.74, 6) is 2.47. The number of carbonyl (C=O) groups is 1. The number of carbonyl (C=O) groups excluding carboxylic acids is 1. The molecule has 0 saturated carbocycles. The fraction of sp³-hybridized carbons (Fsp3) is 0.375. The Morgan fingerprint density at radius 3 is 3.10 bits per heavy atom. The molecule has 106 valence electrons. The summed E-state index contributed by atoms with van der Waals surface area (Å²) in [7, 11) is 0. The Balaban J connectivity index is 1.55. The number of aromatic nitrogens is 2. The van der Waals surface area contributed by atoms with Crippen LogP contribution in [0, 0.1) is 12.3 Å². The van der Waals surface area contributed by atoms with Gasteiger partial charge in [-0.1, -0.05) is 5.92 Å². The second-order valence-electron chi connectivity index (χ2n) is 5.84. The monoisotopic (exact) mass is 280 g/mol. The number of fused-ring (bicyclic) bond motifs is 3. The first-order chi connectivity index (χ1) is 10.2. The molecule has 0 radical (unpaired) electrons. The number of nitrogens with zero attached hydrogens (tertiary/aromatic N) is 2. The first kappa shape index (κ1) is 12.4. The Hall–Kier alpha value is -2.32. The zero-order valence-corrected chi connectivity index (χ0v) is 11.5. The van der Waals surface area contributed by atoms with Crippen molar-refractivity contribution < 1.29 is 4.79 Å². The molecule has 21 heavy (non-hydrogen) atoms. The maximum Gasteiger partial charge on any atom is 0.270 e. The van der Waals surface area contributed by atoms with Gasteiger partial charge in [0.15, 0.2) is 0 Å². The van der Waals surface area contributed by atoms with Gasteiger partial charge in [-0.2, -0.15) is 0 Å². The van der Waals surface area contributed by atoms with Crippen molar-refractivity contribution in [2.75, 3.05) is 0 Å². The molecular formula is C16H16N4O. The smallest absolute Gasteiger partial charge is 0.270 e. The van der Waals surface area contributed by atoms with Gasteiger partial charge in [0.25, 0.3) is 5.91 Å². The molecule has 3 atom stereocenters. The summed E-state index contributed by atoms with van der Waals surface area (Å²) in [6.07, 6.45) is 12.2. The Labute approximate surface area is 122 Å². The molecule has 2 bridgehead atoms. The topological polar surface area (TPSA) is 58.4 Å². The van der Waals surface area contributed by atoms with Gasteiger partial charge in [-0.25, -0.2) is 4.98 Å². The summed E-state index contributed by atoms with van der Waals surface area (Å²) in [5, 5.41) is 6.61. The van der Waals surface area contributed by atoms with Crippen molar-refractivity contribution in [3.63, 3.8) is 0 Å². The maximum absolute atomic E-state index is 12.3. The third kappa shape index (κ3) is 2.08. The van der Waals surface area contributed by atoms with Gasteiger partial charge in [-0.3, -0.25) is 4.79 Å². The SMILES string of the molecule is C#Cc1cc2cc(C(=O)N[C@@H]3C[C@H]4CC[C@@H]3N4)ncn2c1. The van der Waals surface area contributed by atoms with Crippen molar-refractivity contribution in [1.82, 2.24) is 20.0 Å². The maximum atomic E-state index is 12.3. The van der Waals surface area contributed by atoms with Crippen molar-refractivity contribution in [2.45, 2.75) is 37.4 Å². The minimum atomic E-state index is -0.111. The van der Waals surface area contributed by atoms with Gasteiger partial charge in [0.2, 0.25) is 0 Å². The number of rotatable bonds is 2. The predicted molar refractivity (Wildman–Crippen MR) is 78.9 cm³/mol. The molecular weight excluding hydrogens is 264 g/mol. The van der Waals surface area contributed by atoms with Crippen LogP contribution < -0.4 is 10.6 Å². The van der Waals surface area contributed by atoms with Crippen molar-refractivity contribution in [2.24, 2.45) is 0 Å². The lowest BCUT2D eigenvalue weighted by atomic mass is 9.95. The molecule has 2 aromatic heterocycles. The van der Waals surface area contributed by atoms with E-state index in [0.29, 0.717) is 17.8 Å². The van der Waals surface area contributed by atoms with Gasteiger partial charge in [-0.15, -0.1) is 6.42 Å². The molecule has 1 amide bonds. The van der Waals surface area contributed by atoms with Crippen LogP contribution in [-0.2, 0) is 0 Å². The highest BCUT2D eigenvalue weighted by molar-refractivity contribution is 5.93. The second kappa shape index (κ2) is 4.61. The number of nitrogens with one attached hydrogen (secondary N) is 2. The van der Waals surface area contributed by atoms with E-state index in [1.807, 2.05) is 16.7 Å². The number of hydrogen-bond acceptors (Lipinski definition) is 3. The van der Waals surface area contributed by atoms with Crippen LogP contribution in [0.4, 0.5) is 0 Å². The van der Waals surface area contributed by atoms with Crippen LogP contribution in [-0.4, -0.2) is 33.4 Å². The first-order valence-corrected chi connectivity index (χ1v) is 7.24. The highest BCUT2D eigenvalue weighted by Gasteiger charge is 2.39. The molecule has 2 saturated heterocycles. The van der Waals surface area contributed by atoms with Crippen LogP contribution in [0.2, 0.25) is 0 Å². The van der Waals surface area contributed by atoms with Gasteiger partial charge in [-0.05, 0) is 31.4 Å². The summed E-state index contributed by atoms with van der Waals surface area (Å²) >= 11 is 0. The number of terminal acetylenes is 1. The van der Waals surface area contributed by atoms with E-state index in [1.165, 1.54) is 6.42 Å². The minimum Gasteiger partial charge on any atom is -0.346 e. The van der Waals surface area contributed by atoms with Crippen molar-refractivity contribution >= 4 is 11.4 Å². The lowest BCUT2D eigenvalue weighted by Gasteiger charge is -2.21. The van der Waals surface area contributed by atoms with Crippen molar-refractivity contribution in [3.05, 3.63) is 35.9 Å². The van der Waals surface area contributed by atoms with Crippen LogP contribution in [0.5, 0.6) is 0 Å². The fourth-order valence-electron chi connectivity index (χ4n) is 3.44. The van der Waals surface area contributed by atoms with Gasteiger partial charge < -0.3 is 15.0 Å². The van der Waals surface area contributed by atoms with Gasteiger partial charge in [0.1, 0.15) is 12.0 Å². The Bertz CT molecular complexity index is 757. The Morgan fingerprint density at radius 1 is 1.48 bits per heavy atom. The van der Waals surface area contributed by atoms with E-state index < -0.39 is 0 Å². The van der Waals surface area contributed by atoms with Crippen LogP contribution in [0.15, 0.2) is 24.7 Å². The van der Waals surface area contributed by atoms with E-state index in [4.69, 9.17) is 6.42 Å². The average molecular weight is 280 g/mol. The first-order valence-electron chi connectivity index (χ1n) is 7.24. The summed E-state index contributed by atoms with van der Waals surface area (Å²) in [5.41, 5.74) is 2.10. The summed E-state index contributed by atoms with van der Waals surface area (Å²) in [6.45, 7) is 0. The average Bonchev–Trinajstić information content (AvgIpc) is 3.20. The van der Waals surface area contributed by atoms with E-state index in [2.05, 4.69) is 21.5 Å². The zero-order chi connectivity index (χ0) is 14.4. The van der Waals surface area contributed by atoms with Crippen molar-refractivity contribution in [1.29, 1.82) is 0 Å². The largest absolute Gasteiger partial charge is 0.346 e. The van der Waals surface area contributed by atoms with E-state index in [1.54, 1.807) is 12.4 Å². The van der Waals surface area contributed by atoms with E-state index in [0.717, 1.165) is 23.9 Å². The molecule has 0 unspecified atom stereocenters. The molecule has 2 aliphatic heterocycles. The van der Waals surface area contributed by atoms with Gasteiger partial charge >= 0.3 is 0 Å².